The minimum Gasteiger partial charge on any atom is -0.394 e. The monoisotopic (exact) mass is 554 g/mol. The van der Waals surface area contributed by atoms with Crippen LogP contribution in [0.25, 0.3) is 22.0 Å². The van der Waals surface area contributed by atoms with Gasteiger partial charge in [0.05, 0.1) is 25.4 Å². The van der Waals surface area contributed by atoms with Crippen molar-refractivity contribution < 1.29 is 19.4 Å². The van der Waals surface area contributed by atoms with Crippen molar-refractivity contribution in [2.75, 3.05) is 32.1 Å². The zero-order valence-corrected chi connectivity index (χ0v) is 24.1. The maximum atomic E-state index is 14.4. The molecule has 0 radical (unpaired) electrons. The molecule has 2 heterocycles. The SMILES string of the molecule is C[C@H](CO)N1C[C@H](C)[C@@H](CN(C)C(=O)Nc2ccccc2)OCc2ccccc2-c2c(n(C)c3ccccc23)C1=O. The van der Waals surface area contributed by atoms with Crippen LogP contribution >= 0.6 is 0 Å². The summed E-state index contributed by atoms with van der Waals surface area (Å²) < 4.78 is 8.55. The maximum Gasteiger partial charge on any atom is 0.321 e. The lowest BCUT2D eigenvalue weighted by Gasteiger charge is -2.35. The number of rotatable bonds is 5. The normalized spacial score (nSPS) is 18.3. The average molecular weight is 555 g/mol. The van der Waals surface area contributed by atoms with E-state index < -0.39 is 6.04 Å². The molecule has 1 aromatic heterocycles. The Bertz CT molecular complexity index is 1530. The van der Waals surface area contributed by atoms with Crippen molar-refractivity contribution in [3.8, 4) is 11.1 Å². The molecule has 8 heteroatoms. The highest BCUT2D eigenvalue weighted by Crippen LogP contribution is 2.38. The molecule has 3 amide bonds. The van der Waals surface area contributed by atoms with Gasteiger partial charge in [-0.3, -0.25) is 4.79 Å². The van der Waals surface area contributed by atoms with E-state index >= 15 is 0 Å². The molecule has 1 aliphatic rings. The molecular weight excluding hydrogens is 516 g/mol. The van der Waals surface area contributed by atoms with Crippen molar-refractivity contribution in [3.63, 3.8) is 0 Å². The van der Waals surface area contributed by atoms with Crippen LogP contribution in [0.4, 0.5) is 10.5 Å². The second-order valence-corrected chi connectivity index (χ2v) is 10.9. The largest absolute Gasteiger partial charge is 0.394 e. The first kappa shape index (κ1) is 28.4. The summed E-state index contributed by atoms with van der Waals surface area (Å²) in [6.07, 6.45) is -0.367. The van der Waals surface area contributed by atoms with Gasteiger partial charge >= 0.3 is 6.03 Å². The van der Waals surface area contributed by atoms with E-state index in [9.17, 15) is 14.7 Å². The molecule has 4 aromatic rings. The predicted molar refractivity (Wildman–Crippen MR) is 162 cm³/mol. The molecule has 2 N–H and O–H groups in total. The zero-order chi connectivity index (χ0) is 29.1. The van der Waals surface area contributed by atoms with Gasteiger partial charge in [-0.05, 0) is 36.2 Å². The second kappa shape index (κ2) is 12.2. The van der Waals surface area contributed by atoms with Crippen LogP contribution in [0, 0.1) is 5.92 Å². The molecule has 0 aliphatic carbocycles. The average Bonchev–Trinajstić information content (AvgIpc) is 3.28. The van der Waals surface area contributed by atoms with Gasteiger partial charge in [-0.15, -0.1) is 0 Å². The molecule has 0 saturated heterocycles. The number of aliphatic hydroxyl groups is 1. The van der Waals surface area contributed by atoms with Gasteiger partial charge in [0.25, 0.3) is 5.91 Å². The Morgan fingerprint density at radius 1 is 1.07 bits per heavy atom. The predicted octanol–water partition coefficient (Wildman–Crippen LogP) is 5.37. The second-order valence-electron chi connectivity index (χ2n) is 10.9. The first-order valence-corrected chi connectivity index (χ1v) is 14.1. The Morgan fingerprint density at radius 2 is 1.76 bits per heavy atom. The number of aromatic nitrogens is 1. The van der Waals surface area contributed by atoms with Crippen molar-refractivity contribution in [2.45, 2.75) is 32.6 Å². The molecule has 3 aromatic carbocycles. The number of ether oxygens (including phenoxy) is 1. The van der Waals surface area contributed by atoms with E-state index in [1.807, 2.05) is 104 Å². The number of nitrogens with one attached hydrogen (secondary N) is 1. The van der Waals surface area contributed by atoms with Gasteiger partial charge in [-0.1, -0.05) is 67.6 Å². The first-order chi connectivity index (χ1) is 19.8. The van der Waals surface area contributed by atoms with Gasteiger partial charge in [0.1, 0.15) is 5.69 Å². The molecular formula is C33H38N4O4. The number of hydrogen-bond donors (Lipinski definition) is 2. The quantitative estimate of drug-likeness (QED) is 0.347. The van der Waals surface area contributed by atoms with Gasteiger partial charge in [0, 0.05) is 55.3 Å². The standard InChI is InChI=1S/C33H38N4O4/c1-22-18-37(23(2)20-38)32(39)31-30(27-16-10-11-17-28(27)36(31)4)26-15-9-8-12-24(26)21-41-29(22)19-35(3)33(40)34-25-13-6-5-7-14-25/h5-17,22-23,29,38H,18-21H2,1-4H3,(H,34,40)/t22-,23+,29+/m0/s1. The van der Waals surface area contributed by atoms with Crippen molar-refractivity contribution in [1.29, 1.82) is 0 Å². The van der Waals surface area contributed by atoms with E-state index in [2.05, 4.69) is 5.32 Å². The Kier molecular flexibility index (Phi) is 8.42. The van der Waals surface area contributed by atoms with Gasteiger partial charge in [0.15, 0.2) is 0 Å². The van der Waals surface area contributed by atoms with Crippen molar-refractivity contribution in [1.82, 2.24) is 14.4 Å². The topological polar surface area (TPSA) is 87.0 Å². The Labute approximate surface area is 241 Å². The number of nitrogens with zero attached hydrogens (tertiary/aromatic N) is 3. The number of aliphatic hydroxyl groups excluding tert-OH is 1. The summed E-state index contributed by atoms with van der Waals surface area (Å²) in [6.45, 7) is 4.73. The molecule has 214 valence electrons. The molecule has 0 fully saturated rings. The molecule has 1 aliphatic heterocycles. The third-order valence-electron chi connectivity index (χ3n) is 8.05. The lowest BCUT2D eigenvalue weighted by molar-refractivity contribution is -0.0179. The molecule has 0 spiro atoms. The number of carbonyl (C=O) groups is 2. The number of hydrogen-bond acceptors (Lipinski definition) is 4. The number of carbonyl (C=O) groups excluding carboxylic acids is 2. The molecule has 8 nitrogen and oxygen atoms in total. The van der Waals surface area contributed by atoms with Gasteiger partial charge < -0.3 is 29.5 Å². The van der Waals surface area contributed by atoms with Crippen LogP contribution in [-0.4, -0.2) is 70.3 Å². The molecule has 41 heavy (non-hydrogen) atoms. The van der Waals surface area contributed by atoms with Gasteiger partial charge in [-0.2, -0.15) is 0 Å². The fourth-order valence-corrected chi connectivity index (χ4v) is 5.62. The summed E-state index contributed by atoms with van der Waals surface area (Å²) >= 11 is 0. The smallest absolute Gasteiger partial charge is 0.321 e. The number of para-hydroxylation sites is 2. The van der Waals surface area contributed by atoms with Crippen molar-refractivity contribution in [3.05, 3.63) is 90.1 Å². The van der Waals surface area contributed by atoms with E-state index in [1.54, 1.807) is 16.8 Å². The van der Waals surface area contributed by atoms with Crippen LogP contribution in [0.3, 0.4) is 0 Å². The van der Waals surface area contributed by atoms with Crippen LogP contribution in [0.15, 0.2) is 78.9 Å². The molecule has 3 atom stereocenters. The third-order valence-corrected chi connectivity index (χ3v) is 8.05. The van der Waals surface area contributed by atoms with E-state index in [0.717, 1.165) is 27.6 Å². The summed E-state index contributed by atoms with van der Waals surface area (Å²) in [5.41, 5.74) is 5.04. The molecule has 0 unspecified atom stereocenters. The lowest BCUT2D eigenvalue weighted by atomic mass is 9.96. The minimum absolute atomic E-state index is 0.136. The molecule has 5 rings (SSSR count). The zero-order valence-electron chi connectivity index (χ0n) is 24.1. The van der Waals surface area contributed by atoms with E-state index in [-0.39, 0.29) is 30.6 Å². The Morgan fingerprint density at radius 3 is 2.51 bits per heavy atom. The minimum atomic E-state index is -0.411. The summed E-state index contributed by atoms with van der Waals surface area (Å²) in [5.74, 6) is -0.277. The van der Waals surface area contributed by atoms with Gasteiger partial charge in [-0.25, -0.2) is 4.79 Å². The first-order valence-electron chi connectivity index (χ1n) is 14.1. The molecule has 0 saturated carbocycles. The number of likely N-dealkylation sites (N-methyl/N-ethyl adjacent to an activating group) is 1. The van der Waals surface area contributed by atoms with Crippen molar-refractivity contribution >= 4 is 28.5 Å². The number of fused-ring (bicyclic) bond motifs is 5. The van der Waals surface area contributed by atoms with Crippen LogP contribution in [0.5, 0.6) is 0 Å². The van der Waals surface area contributed by atoms with E-state index in [0.29, 0.717) is 31.1 Å². The highest BCUT2D eigenvalue weighted by atomic mass is 16.5. The number of anilines is 1. The lowest BCUT2D eigenvalue weighted by Crippen LogP contribution is -2.48. The fourth-order valence-electron chi connectivity index (χ4n) is 5.62. The molecule has 0 bridgehead atoms. The number of amides is 3. The van der Waals surface area contributed by atoms with Crippen LogP contribution in [-0.2, 0) is 18.4 Å². The summed E-state index contributed by atoms with van der Waals surface area (Å²) in [7, 11) is 3.67. The van der Waals surface area contributed by atoms with E-state index in [1.165, 1.54) is 0 Å². The Hall–Kier alpha value is -4.14. The fraction of sp³-hybridized carbons (Fsp3) is 0.333. The number of aryl methyl sites for hydroxylation is 1. The summed E-state index contributed by atoms with van der Waals surface area (Å²) in [5, 5.41) is 14.1. The van der Waals surface area contributed by atoms with Crippen LogP contribution in [0.1, 0.15) is 29.9 Å². The Balaban J connectivity index is 1.55. The summed E-state index contributed by atoms with van der Waals surface area (Å²) in [6, 6.07) is 24.7. The number of urea groups is 1. The van der Waals surface area contributed by atoms with Crippen LogP contribution < -0.4 is 5.32 Å². The summed E-state index contributed by atoms with van der Waals surface area (Å²) in [4.78, 5) is 30.8. The third kappa shape index (κ3) is 5.71. The highest BCUT2D eigenvalue weighted by molar-refractivity contribution is 6.10. The van der Waals surface area contributed by atoms with Crippen LogP contribution in [0.2, 0.25) is 0 Å². The highest BCUT2D eigenvalue weighted by Gasteiger charge is 2.34. The number of benzene rings is 3. The van der Waals surface area contributed by atoms with Crippen molar-refractivity contribution in [2.24, 2.45) is 13.0 Å². The van der Waals surface area contributed by atoms with Gasteiger partial charge in [0.2, 0.25) is 0 Å². The maximum absolute atomic E-state index is 14.4. The van der Waals surface area contributed by atoms with E-state index in [4.69, 9.17) is 4.74 Å².